The van der Waals surface area contributed by atoms with Crippen molar-refractivity contribution >= 4 is 11.8 Å². The van der Waals surface area contributed by atoms with Crippen LogP contribution in [0.1, 0.15) is 40.4 Å². The fourth-order valence-corrected chi connectivity index (χ4v) is 3.85. The van der Waals surface area contributed by atoms with Gasteiger partial charge in [-0.05, 0) is 30.0 Å². The Labute approximate surface area is 170 Å². The van der Waals surface area contributed by atoms with Crippen molar-refractivity contribution in [3.05, 3.63) is 95.9 Å². The van der Waals surface area contributed by atoms with E-state index >= 15 is 0 Å². The molecule has 0 spiro atoms. The summed E-state index contributed by atoms with van der Waals surface area (Å²) in [5.74, 6) is -0.333. The summed E-state index contributed by atoms with van der Waals surface area (Å²) in [6, 6.07) is 21.4. The van der Waals surface area contributed by atoms with Crippen LogP contribution in [0.2, 0.25) is 0 Å². The quantitative estimate of drug-likeness (QED) is 0.718. The third-order valence-corrected chi connectivity index (χ3v) is 5.40. The lowest BCUT2D eigenvalue weighted by atomic mass is 9.94. The standard InChI is InChI=1S/C24H24N2O3/c27-23(20-12-7-14-26(16-20)24(28)21-13-15-29-17-21)25-22(18-8-3-1-4-9-18)19-10-5-2-6-11-19/h1-6,8-11,13,15,17,20,22H,7,12,14,16H2,(H,25,27). The van der Waals surface area contributed by atoms with Gasteiger partial charge in [0.1, 0.15) is 6.26 Å². The molecule has 0 bridgehead atoms. The summed E-state index contributed by atoms with van der Waals surface area (Å²) in [6.07, 6.45) is 4.53. The van der Waals surface area contributed by atoms with Crippen LogP contribution in [0.4, 0.5) is 0 Å². The van der Waals surface area contributed by atoms with Crippen LogP contribution in [0.3, 0.4) is 0 Å². The fourth-order valence-electron chi connectivity index (χ4n) is 3.85. The minimum absolute atomic E-state index is 0.0209. The van der Waals surface area contributed by atoms with Gasteiger partial charge in [-0.1, -0.05) is 60.7 Å². The van der Waals surface area contributed by atoms with Gasteiger partial charge < -0.3 is 14.6 Å². The Morgan fingerprint density at radius 2 is 1.62 bits per heavy atom. The minimum Gasteiger partial charge on any atom is -0.472 e. The molecule has 0 aliphatic carbocycles. The molecule has 4 rings (SSSR count). The van der Waals surface area contributed by atoms with Crippen molar-refractivity contribution in [1.82, 2.24) is 10.2 Å². The van der Waals surface area contributed by atoms with Gasteiger partial charge in [0.15, 0.2) is 0 Å². The highest BCUT2D eigenvalue weighted by atomic mass is 16.3. The van der Waals surface area contributed by atoms with Crippen LogP contribution in [-0.4, -0.2) is 29.8 Å². The van der Waals surface area contributed by atoms with Gasteiger partial charge in [0.25, 0.3) is 5.91 Å². The molecule has 2 amide bonds. The second-order valence-corrected chi connectivity index (χ2v) is 7.37. The Hall–Kier alpha value is -3.34. The maximum absolute atomic E-state index is 13.1. The van der Waals surface area contributed by atoms with Gasteiger partial charge in [0.05, 0.1) is 23.8 Å². The lowest BCUT2D eigenvalue weighted by Crippen LogP contribution is -2.46. The number of benzene rings is 2. The van der Waals surface area contributed by atoms with Gasteiger partial charge in [-0.25, -0.2) is 0 Å². The second-order valence-electron chi connectivity index (χ2n) is 7.37. The molecular formula is C24H24N2O3. The number of rotatable bonds is 5. The molecule has 1 atom stereocenters. The first kappa shape index (κ1) is 19.0. The normalized spacial score (nSPS) is 16.6. The predicted molar refractivity (Wildman–Crippen MR) is 110 cm³/mol. The van der Waals surface area contributed by atoms with Gasteiger partial charge >= 0.3 is 0 Å². The molecule has 0 radical (unpaired) electrons. The van der Waals surface area contributed by atoms with Crippen LogP contribution in [0.5, 0.6) is 0 Å². The molecule has 1 unspecified atom stereocenters. The smallest absolute Gasteiger partial charge is 0.257 e. The Morgan fingerprint density at radius 3 is 2.21 bits per heavy atom. The van der Waals surface area contributed by atoms with Crippen molar-refractivity contribution in [2.24, 2.45) is 5.92 Å². The van der Waals surface area contributed by atoms with E-state index in [1.54, 1.807) is 11.0 Å². The molecule has 1 aromatic heterocycles. The molecule has 1 N–H and O–H groups in total. The van der Waals surface area contributed by atoms with Crippen molar-refractivity contribution in [1.29, 1.82) is 0 Å². The average molecular weight is 388 g/mol. The van der Waals surface area contributed by atoms with Crippen molar-refractivity contribution in [3.63, 3.8) is 0 Å². The van der Waals surface area contributed by atoms with Crippen molar-refractivity contribution < 1.29 is 14.0 Å². The monoisotopic (exact) mass is 388 g/mol. The Kier molecular flexibility index (Phi) is 5.75. The number of hydrogen-bond acceptors (Lipinski definition) is 3. The summed E-state index contributed by atoms with van der Waals surface area (Å²) in [7, 11) is 0. The van der Waals surface area contributed by atoms with Gasteiger partial charge in [0.2, 0.25) is 5.91 Å². The Balaban J connectivity index is 1.49. The molecule has 3 aromatic rings. The van der Waals surface area contributed by atoms with Crippen LogP contribution in [0.25, 0.3) is 0 Å². The van der Waals surface area contributed by atoms with Crippen molar-refractivity contribution in [3.8, 4) is 0 Å². The summed E-state index contributed by atoms with van der Waals surface area (Å²) in [6.45, 7) is 1.08. The molecule has 5 heteroatoms. The highest BCUT2D eigenvalue weighted by Crippen LogP contribution is 2.25. The number of likely N-dealkylation sites (tertiary alicyclic amines) is 1. The number of nitrogens with zero attached hydrogens (tertiary/aromatic N) is 1. The van der Waals surface area contributed by atoms with E-state index in [-0.39, 0.29) is 23.8 Å². The molecule has 1 aliphatic rings. The summed E-state index contributed by atoms with van der Waals surface area (Å²) in [5, 5.41) is 3.22. The van der Waals surface area contributed by atoms with Crippen LogP contribution < -0.4 is 5.32 Å². The Morgan fingerprint density at radius 1 is 0.966 bits per heavy atom. The second kappa shape index (κ2) is 8.78. The van der Waals surface area contributed by atoms with Crippen molar-refractivity contribution in [2.75, 3.05) is 13.1 Å². The zero-order valence-electron chi connectivity index (χ0n) is 16.2. The van der Waals surface area contributed by atoms with E-state index in [4.69, 9.17) is 4.42 Å². The third kappa shape index (κ3) is 4.40. The molecule has 2 heterocycles. The summed E-state index contributed by atoms with van der Waals surface area (Å²) >= 11 is 0. The first-order valence-electron chi connectivity index (χ1n) is 9.94. The third-order valence-electron chi connectivity index (χ3n) is 5.40. The number of amides is 2. The maximum atomic E-state index is 13.1. The number of carbonyl (C=O) groups is 2. The zero-order chi connectivity index (χ0) is 20.1. The maximum Gasteiger partial charge on any atom is 0.257 e. The first-order chi connectivity index (χ1) is 14.2. The molecule has 0 saturated carbocycles. The lowest BCUT2D eigenvalue weighted by molar-refractivity contribution is -0.126. The largest absolute Gasteiger partial charge is 0.472 e. The van der Waals surface area contributed by atoms with E-state index in [1.165, 1.54) is 12.5 Å². The van der Waals surface area contributed by atoms with E-state index in [2.05, 4.69) is 5.32 Å². The first-order valence-corrected chi connectivity index (χ1v) is 9.94. The van der Waals surface area contributed by atoms with Gasteiger partial charge in [-0.2, -0.15) is 0 Å². The zero-order valence-corrected chi connectivity index (χ0v) is 16.2. The molecule has 5 nitrogen and oxygen atoms in total. The molecule has 148 valence electrons. The van der Waals surface area contributed by atoms with Crippen LogP contribution in [-0.2, 0) is 4.79 Å². The van der Waals surface area contributed by atoms with E-state index in [1.807, 2.05) is 60.7 Å². The van der Waals surface area contributed by atoms with E-state index < -0.39 is 0 Å². The van der Waals surface area contributed by atoms with Gasteiger partial charge in [-0.3, -0.25) is 9.59 Å². The SMILES string of the molecule is O=C(NC(c1ccccc1)c1ccccc1)C1CCCN(C(=O)c2ccoc2)C1. The average Bonchev–Trinajstić information content (AvgIpc) is 3.33. The Bertz CT molecular complexity index is 899. The molecule has 1 saturated heterocycles. The summed E-state index contributed by atoms with van der Waals surface area (Å²) < 4.78 is 5.02. The number of hydrogen-bond donors (Lipinski definition) is 1. The van der Waals surface area contributed by atoms with Gasteiger partial charge in [0, 0.05) is 13.1 Å². The van der Waals surface area contributed by atoms with Crippen LogP contribution >= 0.6 is 0 Å². The lowest BCUT2D eigenvalue weighted by Gasteiger charge is -2.33. The topological polar surface area (TPSA) is 62.6 Å². The minimum atomic E-state index is -0.227. The van der Waals surface area contributed by atoms with Crippen molar-refractivity contribution in [2.45, 2.75) is 18.9 Å². The highest BCUT2D eigenvalue weighted by Gasteiger charge is 2.30. The molecular weight excluding hydrogens is 364 g/mol. The summed E-state index contributed by atoms with van der Waals surface area (Å²) in [5.41, 5.74) is 2.60. The summed E-state index contributed by atoms with van der Waals surface area (Å²) in [4.78, 5) is 27.5. The number of carbonyl (C=O) groups excluding carboxylic acids is 2. The van der Waals surface area contributed by atoms with Crippen LogP contribution in [0, 0.1) is 5.92 Å². The molecule has 1 aliphatic heterocycles. The van der Waals surface area contributed by atoms with Gasteiger partial charge in [-0.15, -0.1) is 0 Å². The number of piperidine rings is 1. The predicted octanol–water partition coefficient (Wildman–Crippen LogP) is 4.04. The molecule has 1 fully saturated rings. The molecule has 2 aromatic carbocycles. The van der Waals surface area contributed by atoms with Crippen LogP contribution in [0.15, 0.2) is 83.7 Å². The van der Waals surface area contributed by atoms with E-state index in [0.29, 0.717) is 18.7 Å². The fraction of sp³-hybridized carbons (Fsp3) is 0.250. The van der Waals surface area contributed by atoms with E-state index in [9.17, 15) is 9.59 Å². The number of furan rings is 1. The molecule has 29 heavy (non-hydrogen) atoms. The highest BCUT2D eigenvalue weighted by molar-refractivity contribution is 5.94. The van der Waals surface area contributed by atoms with E-state index in [0.717, 1.165) is 24.0 Å². The number of nitrogens with one attached hydrogen (secondary N) is 1.